The molecule has 0 aromatic heterocycles. The molecule has 0 aliphatic carbocycles. The summed E-state index contributed by atoms with van der Waals surface area (Å²) >= 11 is 0. The maximum atomic E-state index is 10.4. The van der Waals surface area contributed by atoms with E-state index in [1.165, 1.54) is 18.7 Å². The normalized spacial score (nSPS) is 11.7. The fourth-order valence-electron chi connectivity index (χ4n) is 1.27. The van der Waals surface area contributed by atoms with Crippen molar-refractivity contribution in [2.45, 2.75) is 18.2 Å². The minimum Gasteiger partial charge on any atom is -0.744 e. The second-order valence-electron chi connectivity index (χ2n) is 5.42. The molecule has 0 bridgehead atoms. The third-order valence-electron chi connectivity index (χ3n) is 2.34. The molecule has 0 radical (unpaired) electrons. The fourth-order valence-corrected chi connectivity index (χ4v) is 1.74. The molecule has 0 amide bonds. The number of benzene rings is 1. The van der Waals surface area contributed by atoms with E-state index < -0.39 is 10.1 Å². The molecule has 0 atom stereocenters. The van der Waals surface area contributed by atoms with E-state index in [-0.39, 0.29) is 4.90 Å². The van der Waals surface area contributed by atoms with Crippen LogP contribution in [0.3, 0.4) is 0 Å². The van der Waals surface area contributed by atoms with E-state index in [1.54, 1.807) is 12.1 Å². The first kappa shape index (κ1) is 18.0. The molecule has 1 rings (SSSR count). The lowest BCUT2D eigenvalue weighted by Crippen LogP contribution is -2.36. The zero-order valence-electron chi connectivity index (χ0n) is 12.1. The minimum atomic E-state index is -4.27. The Balaban J connectivity index is 0.000000362. The van der Waals surface area contributed by atoms with Crippen LogP contribution in [0.15, 0.2) is 29.2 Å². The number of nitrogens with zero attached hydrogens (tertiary/aromatic N) is 1. The van der Waals surface area contributed by atoms with Gasteiger partial charge in [0.15, 0.2) is 0 Å². The maximum absolute atomic E-state index is 10.4. The summed E-state index contributed by atoms with van der Waals surface area (Å²) in [5.41, 5.74) is 6.25. The molecule has 1 aromatic carbocycles. The zero-order valence-corrected chi connectivity index (χ0v) is 12.9. The lowest BCUT2D eigenvalue weighted by molar-refractivity contribution is -0.870. The Morgan fingerprint density at radius 3 is 1.89 bits per heavy atom. The van der Waals surface area contributed by atoms with Gasteiger partial charge in [-0.2, -0.15) is 0 Å². The predicted octanol–water partition coefficient (Wildman–Crippen LogP) is 0.941. The van der Waals surface area contributed by atoms with Gasteiger partial charge < -0.3 is 14.8 Å². The van der Waals surface area contributed by atoms with Crippen LogP contribution in [0, 0.1) is 6.92 Å². The topological polar surface area (TPSA) is 83.2 Å². The van der Waals surface area contributed by atoms with Crippen molar-refractivity contribution in [2.75, 3.05) is 34.2 Å². The van der Waals surface area contributed by atoms with Gasteiger partial charge in [-0.1, -0.05) is 17.7 Å². The largest absolute Gasteiger partial charge is 0.744 e. The first-order valence-electron chi connectivity index (χ1n) is 6.09. The van der Waals surface area contributed by atoms with E-state index >= 15 is 0 Å². The van der Waals surface area contributed by atoms with Crippen molar-refractivity contribution in [2.24, 2.45) is 5.73 Å². The van der Waals surface area contributed by atoms with Crippen LogP contribution in [0.2, 0.25) is 0 Å². The van der Waals surface area contributed by atoms with Gasteiger partial charge in [-0.3, -0.25) is 0 Å². The molecule has 5 nitrogen and oxygen atoms in total. The summed E-state index contributed by atoms with van der Waals surface area (Å²) in [7, 11) is 2.26. The van der Waals surface area contributed by atoms with Crippen molar-refractivity contribution >= 4 is 10.1 Å². The summed E-state index contributed by atoms with van der Waals surface area (Å²) in [4.78, 5) is -0.178. The van der Waals surface area contributed by atoms with Crippen LogP contribution in [-0.4, -0.2) is 51.7 Å². The summed E-state index contributed by atoms with van der Waals surface area (Å²) in [5, 5.41) is 0. The predicted molar refractivity (Wildman–Crippen MR) is 75.7 cm³/mol. The summed E-state index contributed by atoms with van der Waals surface area (Å²) in [6.45, 7) is 3.81. The van der Waals surface area contributed by atoms with Crippen molar-refractivity contribution in [3.63, 3.8) is 0 Å². The van der Waals surface area contributed by atoms with Crippen molar-refractivity contribution in [3.8, 4) is 0 Å². The Hall–Kier alpha value is -0.950. The molecular formula is C13H24N2O3S. The SMILES string of the molecule is C[N+](C)(C)CCCN.Cc1ccc(S(=O)(=O)[O-])cc1. The standard InChI is InChI=1S/C7H8O3S.C6H17N2/c1-6-2-4-7(5-3-6)11(8,9)10;1-8(2,3)6-4-5-7/h2-5H,1H3,(H,8,9,10);4-7H2,1-3H3/q;+1/p-1. The van der Waals surface area contributed by atoms with Crippen LogP contribution >= 0.6 is 0 Å². The number of quaternary nitrogens is 1. The third kappa shape index (κ3) is 9.61. The van der Waals surface area contributed by atoms with E-state index in [0.29, 0.717) is 0 Å². The van der Waals surface area contributed by atoms with E-state index in [2.05, 4.69) is 21.1 Å². The molecule has 1 aromatic rings. The summed E-state index contributed by atoms with van der Waals surface area (Å²) in [6, 6.07) is 5.78. The molecule has 6 heteroatoms. The molecule has 0 aliphatic heterocycles. The molecule has 0 spiro atoms. The number of rotatable bonds is 4. The van der Waals surface area contributed by atoms with Crippen LogP contribution in [0.25, 0.3) is 0 Å². The fraction of sp³-hybridized carbons (Fsp3) is 0.538. The van der Waals surface area contributed by atoms with Crippen LogP contribution in [0.1, 0.15) is 12.0 Å². The van der Waals surface area contributed by atoms with Gasteiger partial charge >= 0.3 is 0 Å². The van der Waals surface area contributed by atoms with Gasteiger partial charge in [0.05, 0.1) is 32.6 Å². The van der Waals surface area contributed by atoms with Gasteiger partial charge in [0.2, 0.25) is 0 Å². The molecule has 0 heterocycles. The molecule has 2 N–H and O–H groups in total. The summed E-state index contributed by atoms with van der Waals surface area (Å²) in [5.74, 6) is 0. The third-order valence-corrected chi connectivity index (χ3v) is 3.19. The summed E-state index contributed by atoms with van der Waals surface area (Å²) < 4.78 is 32.2. The van der Waals surface area contributed by atoms with Gasteiger partial charge in [-0.25, -0.2) is 8.42 Å². The van der Waals surface area contributed by atoms with Gasteiger partial charge in [-0.05, 0) is 25.6 Å². The molecule has 0 unspecified atom stereocenters. The second-order valence-corrected chi connectivity index (χ2v) is 6.80. The Bertz CT molecular complexity index is 462. The lowest BCUT2D eigenvalue weighted by Gasteiger charge is -2.23. The molecule has 0 saturated carbocycles. The van der Waals surface area contributed by atoms with E-state index in [1.807, 2.05) is 6.92 Å². The molecule has 0 aliphatic rings. The Morgan fingerprint density at radius 1 is 1.16 bits per heavy atom. The first-order valence-corrected chi connectivity index (χ1v) is 7.50. The van der Waals surface area contributed by atoms with Crippen molar-refractivity contribution in [1.82, 2.24) is 0 Å². The maximum Gasteiger partial charge on any atom is 0.124 e. The highest BCUT2D eigenvalue weighted by Gasteiger charge is 2.03. The Morgan fingerprint density at radius 2 is 1.63 bits per heavy atom. The first-order chi connectivity index (χ1) is 8.56. The molecule has 0 saturated heterocycles. The van der Waals surface area contributed by atoms with Crippen molar-refractivity contribution in [3.05, 3.63) is 29.8 Å². The highest BCUT2D eigenvalue weighted by molar-refractivity contribution is 7.85. The molecule has 110 valence electrons. The van der Waals surface area contributed by atoms with Crippen LogP contribution < -0.4 is 5.73 Å². The number of aryl methyl sites for hydroxylation is 1. The van der Waals surface area contributed by atoms with Gasteiger partial charge in [0, 0.05) is 6.42 Å². The van der Waals surface area contributed by atoms with Crippen LogP contribution in [0.4, 0.5) is 0 Å². The minimum absolute atomic E-state index is 0.178. The van der Waals surface area contributed by atoms with Crippen LogP contribution in [-0.2, 0) is 10.1 Å². The van der Waals surface area contributed by atoms with Crippen LogP contribution in [0.5, 0.6) is 0 Å². The number of hydrogen-bond donors (Lipinski definition) is 1. The Kier molecular flexibility index (Phi) is 7.21. The molecule has 0 fully saturated rings. The highest BCUT2D eigenvalue weighted by atomic mass is 32.2. The van der Waals surface area contributed by atoms with E-state index in [4.69, 9.17) is 5.73 Å². The lowest BCUT2D eigenvalue weighted by atomic mass is 10.2. The zero-order chi connectivity index (χ0) is 15.1. The van der Waals surface area contributed by atoms with Gasteiger partial charge in [-0.15, -0.1) is 0 Å². The smallest absolute Gasteiger partial charge is 0.124 e. The second kappa shape index (κ2) is 7.59. The average Bonchev–Trinajstić information content (AvgIpc) is 2.25. The van der Waals surface area contributed by atoms with E-state index in [0.717, 1.165) is 23.0 Å². The number of nitrogens with two attached hydrogens (primary N) is 1. The summed E-state index contributed by atoms with van der Waals surface area (Å²) in [6.07, 6.45) is 1.13. The van der Waals surface area contributed by atoms with Crippen molar-refractivity contribution in [1.29, 1.82) is 0 Å². The molecular weight excluding hydrogens is 264 g/mol. The van der Waals surface area contributed by atoms with Gasteiger partial charge in [0.1, 0.15) is 10.1 Å². The average molecular weight is 288 g/mol. The number of hydrogen-bond acceptors (Lipinski definition) is 4. The monoisotopic (exact) mass is 288 g/mol. The van der Waals surface area contributed by atoms with Crippen molar-refractivity contribution < 1.29 is 17.5 Å². The van der Waals surface area contributed by atoms with E-state index in [9.17, 15) is 13.0 Å². The quantitative estimate of drug-likeness (QED) is 0.660. The Labute approximate surface area is 116 Å². The highest BCUT2D eigenvalue weighted by Crippen LogP contribution is 2.08. The van der Waals surface area contributed by atoms with Gasteiger partial charge in [0.25, 0.3) is 0 Å². The molecule has 19 heavy (non-hydrogen) atoms.